The summed E-state index contributed by atoms with van der Waals surface area (Å²) in [6.07, 6.45) is 0.369. The van der Waals surface area contributed by atoms with Gasteiger partial charge in [0.15, 0.2) is 0 Å². The third kappa shape index (κ3) is 4.81. The highest BCUT2D eigenvalue weighted by Gasteiger charge is 2.10. The number of nitrogens with one attached hydrogen (secondary N) is 1. The molecule has 0 bridgehead atoms. The molecule has 0 spiro atoms. The van der Waals surface area contributed by atoms with E-state index in [2.05, 4.69) is 36.5 Å². The maximum atomic E-state index is 12.1. The van der Waals surface area contributed by atoms with Gasteiger partial charge in [-0.2, -0.15) is 0 Å². The molecule has 0 saturated carbocycles. The summed E-state index contributed by atoms with van der Waals surface area (Å²) < 4.78 is 0. The Balaban J connectivity index is 1.91. The van der Waals surface area contributed by atoms with Gasteiger partial charge in [0, 0.05) is 10.6 Å². The molecule has 4 heteroatoms. The van der Waals surface area contributed by atoms with E-state index in [0.717, 1.165) is 16.9 Å². The van der Waals surface area contributed by atoms with Crippen LogP contribution in [-0.2, 0) is 11.2 Å². The zero-order chi connectivity index (χ0) is 15.9. The molecular formula is C18H22N2OS. The van der Waals surface area contributed by atoms with E-state index in [4.69, 9.17) is 5.73 Å². The van der Waals surface area contributed by atoms with Crippen LogP contribution in [0.2, 0.25) is 0 Å². The molecule has 0 radical (unpaired) electrons. The summed E-state index contributed by atoms with van der Waals surface area (Å²) in [6, 6.07) is 15.8. The van der Waals surface area contributed by atoms with Crippen LogP contribution < -0.4 is 11.1 Å². The van der Waals surface area contributed by atoms with Crippen molar-refractivity contribution in [2.45, 2.75) is 31.2 Å². The van der Waals surface area contributed by atoms with Gasteiger partial charge in [0.05, 0.1) is 12.5 Å². The number of nitrogens with two attached hydrogens (primary N) is 1. The highest BCUT2D eigenvalue weighted by Crippen LogP contribution is 2.20. The minimum Gasteiger partial charge on any atom is -0.399 e. The lowest BCUT2D eigenvalue weighted by Crippen LogP contribution is -2.28. The Hall–Kier alpha value is -1.94. The van der Waals surface area contributed by atoms with Crippen LogP contribution >= 0.6 is 11.8 Å². The first-order valence-electron chi connectivity index (χ1n) is 7.45. The number of carbonyl (C=O) groups excluding carboxylic acids is 1. The predicted octanol–water partition coefficient (Wildman–Crippen LogP) is 3.80. The average molecular weight is 314 g/mol. The lowest BCUT2D eigenvalue weighted by Gasteiger charge is -2.15. The van der Waals surface area contributed by atoms with Gasteiger partial charge in [0.2, 0.25) is 5.91 Å². The first-order valence-corrected chi connectivity index (χ1v) is 8.43. The third-order valence-corrected chi connectivity index (χ3v) is 4.31. The Morgan fingerprint density at radius 3 is 2.36 bits per heavy atom. The van der Waals surface area contributed by atoms with Crippen LogP contribution in [0.4, 0.5) is 5.69 Å². The molecule has 1 atom stereocenters. The van der Waals surface area contributed by atoms with Crippen molar-refractivity contribution in [3.05, 3.63) is 59.7 Å². The van der Waals surface area contributed by atoms with E-state index in [1.54, 1.807) is 0 Å². The second-order valence-electron chi connectivity index (χ2n) is 5.21. The Kier molecular flexibility index (Phi) is 5.90. The molecule has 0 heterocycles. The first-order chi connectivity index (χ1) is 10.6. The molecule has 3 nitrogen and oxygen atoms in total. The van der Waals surface area contributed by atoms with Crippen molar-refractivity contribution in [2.24, 2.45) is 0 Å². The third-order valence-electron chi connectivity index (χ3n) is 3.41. The Labute approximate surface area is 136 Å². The minimum absolute atomic E-state index is 0.00181. The molecule has 0 aliphatic carbocycles. The van der Waals surface area contributed by atoms with Crippen molar-refractivity contribution in [3.8, 4) is 0 Å². The molecule has 2 rings (SSSR count). The van der Waals surface area contributed by atoms with Crippen molar-refractivity contribution in [1.82, 2.24) is 5.32 Å². The van der Waals surface area contributed by atoms with Crippen molar-refractivity contribution in [1.29, 1.82) is 0 Å². The van der Waals surface area contributed by atoms with E-state index in [1.807, 2.05) is 43.0 Å². The largest absolute Gasteiger partial charge is 0.399 e. The molecule has 0 aliphatic rings. The van der Waals surface area contributed by atoms with E-state index in [9.17, 15) is 4.79 Å². The lowest BCUT2D eigenvalue weighted by molar-refractivity contribution is -0.121. The molecule has 1 amide bonds. The van der Waals surface area contributed by atoms with Gasteiger partial charge in [-0.15, -0.1) is 11.8 Å². The topological polar surface area (TPSA) is 55.1 Å². The van der Waals surface area contributed by atoms with Gasteiger partial charge >= 0.3 is 0 Å². The lowest BCUT2D eigenvalue weighted by atomic mass is 10.1. The SMILES string of the molecule is CCSc1ccc(C(C)NC(=O)Cc2ccc(N)cc2)cc1. The highest BCUT2D eigenvalue weighted by atomic mass is 32.2. The van der Waals surface area contributed by atoms with Gasteiger partial charge in [-0.3, -0.25) is 4.79 Å². The number of nitrogen functional groups attached to an aromatic ring is 1. The van der Waals surface area contributed by atoms with Crippen LogP contribution in [0.1, 0.15) is 31.0 Å². The molecule has 2 aromatic carbocycles. The predicted molar refractivity (Wildman–Crippen MR) is 94.0 cm³/mol. The molecular weight excluding hydrogens is 292 g/mol. The van der Waals surface area contributed by atoms with Crippen LogP contribution in [0.25, 0.3) is 0 Å². The number of hydrogen-bond donors (Lipinski definition) is 2. The summed E-state index contributed by atoms with van der Waals surface area (Å²) >= 11 is 1.81. The monoisotopic (exact) mass is 314 g/mol. The quantitative estimate of drug-likeness (QED) is 0.630. The number of thioether (sulfide) groups is 1. The van der Waals surface area contributed by atoms with Crippen LogP contribution in [0.3, 0.4) is 0 Å². The van der Waals surface area contributed by atoms with Crippen molar-refractivity contribution in [2.75, 3.05) is 11.5 Å². The second kappa shape index (κ2) is 7.90. The molecule has 0 aliphatic heterocycles. The zero-order valence-electron chi connectivity index (χ0n) is 13.0. The molecule has 22 heavy (non-hydrogen) atoms. The molecule has 0 fully saturated rings. The molecule has 116 valence electrons. The summed E-state index contributed by atoms with van der Waals surface area (Å²) in [5.74, 6) is 1.08. The van der Waals surface area contributed by atoms with Crippen LogP contribution in [0.15, 0.2) is 53.4 Å². The zero-order valence-corrected chi connectivity index (χ0v) is 13.8. The molecule has 1 unspecified atom stereocenters. The molecule has 2 aromatic rings. The Morgan fingerprint density at radius 2 is 1.77 bits per heavy atom. The van der Waals surface area contributed by atoms with Gasteiger partial charge in [0.25, 0.3) is 0 Å². The van der Waals surface area contributed by atoms with Crippen molar-refractivity contribution >= 4 is 23.4 Å². The van der Waals surface area contributed by atoms with E-state index in [1.165, 1.54) is 4.90 Å². The highest BCUT2D eigenvalue weighted by molar-refractivity contribution is 7.99. The number of rotatable bonds is 6. The fraction of sp³-hybridized carbons (Fsp3) is 0.278. The maximum absolute atomic E-state index is 12.1. The average Bonchev–Trinajstić information content (AvgIpc) is 2.50. The molecule has 0 aromatic heterocycles. The van der Waals surface area contributed by atoms with Gasteiger partial charge in [-0.1, -0.05) is 31.2 Å². The van der Waals surface area contributed by atoms with Crippen LogP contribution in [0.5, 0.6) is 0 Å². The standard InChI is InChI=1S/C18H22N2OS/c1-3-22-17-10-6-15(7-11-17)13(2)20-18(21)12-14-4-8-16(19)9-5-14/h4-11,13H,3,12,19H2,1-2H3,(H,20,21). The number of carbonyl (C=O) groups is 1. The number of benzene rings is 2. The summed E-state index contributed by atoms with van der Waals surface area (Å²) in [4.78, 5) is 13.4. The normalized spacial score (nSPS) is 11.9. The van der Waals surface area contributed by atoms with Crippen molar-refractivity contribution < 1.29 is 4.79 Å². The maximum Gasteiger partial charge on any atom is 0.224 e. The summed E-state index contributed by atoms with van der Waals surface area (Å²) in [7, 11) is 0. The van der Waals surface area contributed by atoms with E-state index in [0.29, 0.717) is 12.1 Å². The summed E-state index contributed by atoms with van der Waals surface area (Å²) in [5, 5.41) is 3.03. The first kappa shape index (κ1) is 16.4. The number of amides is 1. The van der Waals surface area contributed by atoms with Gasteiger partial charge in [-0.05, 0) is 48.1 Å². The Bertz CT molecular complexity index is 608. The van der Waals surface area contributed by atoms with Crippen LogP contribution in [0, 0.1) is 0 Å². The van der Waals surface area contributed by atoms with Gasteiger partial charge in [0.1, 0.15) is 0 Å². The second-order valence-corrected chi connectivity index (χ2v) is 6.55. The summed E-state index contributed by atoms with van der Waals surface area (Å²) in [5.41, 5.74) is 8.44. The van der Waals surface area contributed by atoms with Gasteiger partial charge in [-0.25, -0.2) is 0 Å². The fourth-order valence-corrected chi connectivity index (χ4v) is 2.88. The fourth-order valence-electron chi connectivity index (χ4n) is 2.22. The van der Waals surface area contributed by atoms with E-state index >= 15 is 0 Å². The van der Waals surface area contributed by atoms with Gasteiger partial charge < -0.3 is 11.1 Å². The Morgan fingerprint density at radius 1 is 1.14 bits per heavy atom. The van der Waals surface area contributed by atoms with E-state index in [-0.39, 0.29) is 11.9 Å². The van der Waals surface area contributed by atoms with Crippen molar-refractivity contribution in [3.63, 3.8) is 0 Å². The van der Waals surface area contributed by atoms with E-state index < -0.39 is 0 Å². The van der Waals surface area contributed by atoms with Crippen LogP contribution in [-0.4, -0.2) is 11.7 Å². The smallest absolute Gasteiger partial charge is 0.224 e. The molecule has 3 N–H and O–H groups in total. The minimum atomic E-state index is 0.00181. The molecule has 0 saturated heterocycles. The summed E-state index contributed by atoms with van der Waals surface area (Å²) in [6.45, 7) is 4.14. The number of anilines is 1. The number of hydrogen-bond acceptors (Lipinski definition) is 3.